The van der Waals surface area contributed by atoms with Crippen molar-refractivity contribution in [2.45, 2.75) is 152 Å². The third-order valence-corrected chi connectivity index (χ3v) is 18.3. The number of hydrogen-bond acceptors (Lipinski definition) is 5. The third-order valence-electron chi connectivity index (χ3n) is 18.3. The van der Waals surface area contributed by atoms with Gasteiger partial charge in [-0.05, 0) is 149 Å². The average molecular weight is 695 g/mol. The van der Waals surface area contributed by atoms with E-state index in [1.807, 2.05) is 0 Å². The fourth-order valence-electron chi connectivity index (χ4n) is 14.7. The molecular formula is C43H70N2O5. The molecule has 7 fully saturated rings. The van der Waals surface area contributed by atoms with Crippen molar-refractivity contribution < 1.29 is 24.2 Å². The molecule has 1 aliphatic heterocycles. The third kappa shape index (κ3) is 5.21. The van der Waals surface area contributed by atoms with E-state index in [9.17, 15) is 19.5 Å². The molecule has 0 aromatic rings. The van der Waals surface area contributed by atoms with Crippen molar-refractivity contribution in [1.82, 2.24) is 9.80 Å². The first-order valence-corrected chi connectivity index (χ1v) is 20.7. The number of likely N-dealkylation sites (N-methyl/N-ethyl adjacent to an activating group) is 1. The molecule has 1 N–H and O–H groups in total. The summed E-state index contributed by atoms with van der Waals surface area (Å²) in [5.41, 5.74) is -0.469. The molecule has 1 saturated heterocycles. The fourth-order valence-corrected chi connectivity index (χ4v) is 14.7. The van der Waals surface area contributed by atoms with Gasteiger partial charge in [-0.1, -0.05) is 48.5 Å². The van der Waals surface area contributed by atoms with E-state index in [0.29, 0.717) is 40.9 Å². The molecule has 0 aromatic carbocycles. The second-order valence-corrected chi connectivity index (χ2v) is 21.1. The highest BCUT2D eigenvalue weighted by atomic mass is 16.5. The van der Waals surface area contributed by atoms with E-state index in [0.717, 1.165) is 64.8 Å². The van der Waals surface area contributed by atoms with Gasteiger partial charge >= 0.3 is 11.9 Å². The van der Waals surface area contributed by atoms with Crippen molar-refractivity contribution in [2.75, 3.05) is 32.7 Å². The van der Waals surface area contributed by atoms with Crippen LogP contribution in [0.15, 0.2) is 0 Å². The lowest BCUT2D eigenvalue weighted by Crippen LogP contribution is -2.68. The van der Waals surface area contributed by atoms with Crippen LogP contribution >= 0.6 is 0 Å². The van der Waals surface area contributed by atoms with Crippen LogP contribution in [0, 0.1) is 67.5 Å². The number of rotatable bonds is 7. The zero-order chi connectivity index (χ0) is 36.3. The normalized spacial score (nSPS) is 45.0. The lowest BCUT2D eigenvalue weighted by Gasteiger charge is -2.73. The molecule has 0 radical (unpaired) electrons. The van der Waals surface area contributed by atoms with Crippen molar-refractivity contribution in [3.8, 4) is 0 Å². The van der Waals surface area contributed by atoms with Gasteiger partial charge in [-0.25, -0.2) is 0 Å². The standard InChI is InChI=1S/C43H70N2O5/c1-10-44-23-25-45(26-24-44)35(47)43-18-13-28(39(6)19-20-39)34(43)29-11-12-31-40(7)16-15-32(50-33(46)27-37(2,3)36(48)49)38(4,5)30(40)14-17-42(31,9)41(29,8)21-22-43/h28-32,34H,10-27H2,1-9H3,(H,48,49)/t28-,29?,30+,31-,32+,34-,40+,41-,42-,43+/m1/s1. The van der Waals surface area contributed by atoms with E-state index >= 15 is 0 Å². The Morgan fingerprint density at radius 2 is 1.42 bits per heavy atom. The SMILES string of the molecule is CCN1CCN(C(=O)[C@]23CC[C@@H](C4(C)CC4)[C@@H]2C2CC[C@@H]4[C@@]5(C)CC[C@H](OC(=O)CC(C)(C)C(=O)O)C(C)(C)[C@@H]5CC[C@@]4(C)[C@]2(C)CC3)CC1. The number of hydrogen-bond donors (Lipinski definition) is 1. The second kappa shape index (κ2) is 11.9. The number of ether oxygens (including phenoxy) is 1. The highest BCUT2D eigenvalue weighted by Crippen LogP contribution is 2.79. The van der Waals surface area contributed by atoms with Gasteiger partial charge in [-0.2, -0.15) is 0 Å². The summed E-state index contributed by atoms with van der Waals surface area (Å²) in [6.07, 6.45) is 13.7. The molecule has 6 saturated carbocycles. The van der Waals surface area contributed by atoms with Crippen LogP contribution in [0.25, 0.3) is 0 Å². The maximum atomic E-state index is 15.0. The zero-order valence-electron chi connectivity index (χ0n) is 33.2. The Bertz CT molecular complexity index is 1380. The van der Waals surface area contributed by atoms with Gasteiger partial charge in [0, 0.05) is 31.6 Å². The molecule has 6 aliphatic carbocycles. The predicted octanol–water partition coefficient (Wildman–Crippen LogP) is 8.44. The maximum absolute atomic E-state index is 15.0. The average Bonchev–Trinajstić information content (AvgIpc) is 3.67. The fraction of sp³-hybridized carbons (Fsp3) is 0.930. The molecule has 0 aromatic heterocycles. The van der Waals surface area contributed by atoms with E-state index in [4.69, 9.17) is 4.74 Å². The van der Waals surface area contributed by atoms with Crippen LogP contribution in [0.5, 0.6) is 0 Å². The molecule has 282 valence electrons. The van der Waals surface area contributed by atoms with Crippen LogP contribution < -0.4 is 0 Å². The van der Waals surface area contributed by atoms with Crippen LogP contribution in [0.2, 0.25) is 0 Å². The van der Waals surface area contributed by atoms with Crippen LogP contribution in [0.3, 0.4) is 0 Å². The highest BCUT2D eigenvalue weighted by molar-refractivity contribution is 5.84. The molecule has 7 aliphatic rings. The summed E-state index contributed by atoms with van der Waals surface area (Å²) in [6.45, 7) is 25.5. The molecule has 0 spiro atoms. The van der Waals surface area contributed by atoms with Gasteiger partial charge in [0.05, 0.1) is 17.3 Å². The van der Waals surface area contributed by atoms with Gasteiger partial charge in [0.1, 0.15) is 6.10 Å². The molecule has 7 nitrogen and oxygen atoms in total. The Morgan fingerprint density at radius 3 is 2.04 bits per heavy atom. The van der Waals surface area contributed by atoms with Crippen molar-refractivity contribution in [2.24, 2.45) is 67.5 Å². The number of carbonyl (C=O) groups is 3. The molecule has 7 rings (SSSR count). The summed E-state index contributed by atoms with van der Waals surface area (Å²) in [5, 5.41) is 9.62. The van der Waals surface area contributed by atoms with E-state index < -0.39 is 11.4 Å². The minimum atomic E-state index is -1.13. The number of esters is 1. The van der Waals surface area contributed by atoms with Crippen LogP contribution in [-0.4, -0.2) is 71.6 Å². The smallest absolute Gasteiger partial charge is 0.309 e. The van der Waals surface area contributed by atoms with E-state index in [2.05, 4.69) is 58.3 Å². The molecule has 1 amide bonds. The number of aliphatic carboxylic acids is 1. The number of carbonyl (C=O) groups excluding carboxylic acids is 2. The Kier molecular flexibility index (Phi) is 8.77. The molecule has 10 atom stereocenters. The summed E-state index contributed by atoms with van der Waals surface area (Å²) < 4.78 is 6.21. The number of piperazine rings is 1. The minimum absolute atomic E-state index is 0.0998. The molecule has 50 heavy (non-hydrogen) atoms. The topological polar surface area (TPSA) is 87.2 Å². The summed E-state index contributed by atoms with van der Waals surface area (Å²) >= 11 is 0. The van der Waals surface area contributed by atoms with Gasteiger partial charge in [-0.15, -0.1) is 0 Å². The van der Waals surface area contributed by atoms with Crippen molar-refractivity contribution in [3.63, 3.8) is 0 Å². The van der Waals surface area contributed by atoms with Crippen molar-refractivity contribution in [1.29, 1.82) is 0 Å². The quantitative estimate of drug-likeness (QED) is 0.269. The van der Waals surface area contributed by atoms with Gasteiger partial charge in [0.25, 0.3) is 0 Å². The summed E-state index contributed by atoms with van der Waals surface area (Å²) in [6, 6.07) is 0. The Balaban J connectivity index is 1.15. The first-order chi connectivity index (χ1) is 23.3. The first-order valence-electron chi connectivity index (χ1n) is 20.7. The first kappa shape index (κ1) is 36.7. The van der Waals surface area contributed by atoms with E-state index in [-0.39, 0.29) is 45.6 Å². The molecule has 1 unspecified atom stereocenters. The van der Waals surface area contributed by atoms with E-state index in [1.54, 1.807) is 13.8 Å². The summed E-state index contributed by atoms with van der Waals surface area (Å²) in [4.78, 5) is 44.6. The Morgan fingerprint density at radius 1 is 0.740 bits per heavy atom. The number of nitrogens with zero attached hydrogens (tertiary/aromatic N) is 2. The highest BCUT2D eigenvalue weighted by Gasteiger charge is 2.73. The maximum Gasteiger partial charge on any atom is 0.309 e. The molecule has 1 heterocycles. The number of fused-ring (bicyclic) bond motifs is 7. The van der Waals surface area contributed by atoms with Crippen molar-refractivity contribution >= 4 is 17.8 Å². The summed E-state index contributed by atoms with van der Waals surface area (Å²) in [5.74, 6) is 2.03. The zero-order valence-corrected chi connectivity index (χ0v) is 33.2. The predicted molar refractivity (Wildman–Crippen MR) is 196 cm³/mol. The minimum Gasteiger partial charge on any atom is -0.481 e. The second-order valence-electron chi connectivity index (χ2n) is 21.1. The van der Waals surface area contributed by atoms with Gasteiger partial charge < -0.3 is 19.6 Å². The van der Waals surface area contributed by atoms with Gasteiger partial charge in [0.2, 0.25) is 5.91 Å². The van der Waals surface area contributed by atoms with Crippen LogP contribution in [0.4, 0.5) is 0 Å². The number of carboxylic acids is 1. The number of carboxylic acid groups (broad SMARTS) is 1. The molecular weight excluding hydrogens is 624 g/mol. The largest absolute Gasteiger partial charge is 0.481 e. The van der Waals surface area contributed by atoms with E-state index in [1.165, 1.54) is 44.9 Å². The molecule has 7 heteroatoms. The van der Waals surface area contributed by atoms with Crippen LogP contribution in [0.1, 0.15) is 146 Å². The Hall–Kier alpha value is -1.63. The monoisotopic (exact) mass is 695 g/mol. The summed E-state index contributed by atoms with van der Waals surface area (Å²) in [7, 11) is 0. The van der Waals surface area contributed by atoms with Crippen molar-refractivity contribution in [3.05, 3.63) is 0 Å². The van der Waals surface area contributed by atoms with Gasteiger partial charge in [-0.3, -0.25) is 14.4 Å². The van der Waals surface area contributed by atoms with Gasteiger partial charge in [0.15, 0.2) is 0 Å². The number of amides is 1. The lowest BCUT2D eigenvalue weighted by atomic mass is 9.32. The Labute approximate surface area is 303 Å². The van der Waals surface area contributed by atoms with Crippen LogP contribution in [-0.2, 0) is 19.1 Å². The molecule has 0 bridgehead atoms. The lowest BCUT2D eigenvalue weighted by molar-refractivity contribution is -0.251.